The molecule has 0 spiro atoms. The molecule has 1 fully saturated rings. The van der Waals surface area contributed by atoms with E-state index in [9.17, 15) is 9.18 Å². The molecule has 2 N–H and O–H groups in total. The van der Waals surface area contributed by atoms with Crippen LogP contribution in [-0.2, 0) is 0 Å². The largest absolute Gasteiger partial charge is 0.368 e. The highest BCUT2D eigenvalue weighted by atomic mass is 32.1. The fraction of sp³-hybridized carbons (Fsp3) is 0.208. The van der Waals surface area contributed by atoms with E-state index < -0.39 is 0 Å². The van der Waals surface area contributed by atoms with Crippen molar-refractivity contribution in [2.24, 2.45) is 5.92 Å². The average molecular weight is 433 g/mol. The Morgan fingerprint density at radius 2 is 1.74 bits per heavy atom. The maximum Gasteiger partial charge on any atom is 0.223 e. The fourth-order valence-electron chi connectivity index (χ4n) is 4.11. The van der Waals surface area contributed by atoms with Gasteiger partial charge in [-0.05, 0) is 36.6 Å². The molecule has 0 bridgehead atoms. The minimum Gasteiger partial charge on any atom is -0.368 e. The number of thiophene rings is 1. The summed E-state index contributed by atoms with van der Waals surface area (Å²) in [6, 6.07) is 18.0. The number of nitrogen functional groups attached to an aromatic ring is 1. The number of hydrogen-bond acceptors (Lipinski definition) is 6. The number of Topliss-reactive ketones (excluding diaryl/α,β-unsaturated/α-hetero) is 1. The Morgan fingerprint density at radius 1 is 1.03 bits per heavy atom. The van der Waals surface area contributed by atoms with Gasteiger partial charge in [0.25, 0.3) is 0 Å². The Morgan fingerprint density at radius 3 is 2.45 bits per heavy atom. The molecular formula is C24H21FN4OS. The van der Waals surface area contributed by atoms with Crippen LogP contribution in [0.15, 0.2) is 60.7 Å². The van der Waals surface area contributed by atoms with Crippen LogP contribution in [0.25, 0.3) is 20.7 Å². The van der Waals surface area contributed by atoms with Gasteiger partial charge in [-0.1, -0.05) is 42.5 Å². The van der Waals surface area contributed by atoms with Crippen molar-refractivity contribution in [3.05, 3.63) is 72.0 Å². The SMILES string of the molecule is Nc1nc(N2CCC(C(=O)c3ccccc3)CC2)c2cc(-c3ccc(F)cc3)sc2n1. The molecule has 0 radical (unpaired) electrons. The van der Waals surface area contributed by atoms with Gasteiger partial charge >= 0.3 is 0 Å². The van der Waals surface area contributed by atoms with Crippen molar-refractivity contribution in [1.82, 2.24) is 9.97 Å². The smallest absolute Gasteiger partial charge is 0.223 e. The first-order chi connectivity index (χ1) is 15.1. The van der Waals surface area contributed by atoms with Crippen molar-refractivity contribution in [3.8, 4) is 10.4 Å². The first-order valence-electron chi connectivity index (χ1n) is 10.3. The van der Waals surface area contributed by atoms with Gasteiger partial charge in [-0.3, -0.25) is 4.79 Å². The third-order valence-electron chi connectivity index (χ3n) is 5.74. The number of nitrogens with two attached hydrogens (primary N) is 1. The molecular weight excluding hydrogens is 411 g/mol. The summed E-state index contributed by atoms with van der Waals surface area (Å²) in [5.41, 5.74) is 7.71. The maximum atomic E-state index is 13.3. The molecule has 0 amide bonds. The quantitative estimate of drug-likeness (QED) is 0.450. The molecule has 5 rings (SSSR count). The lowest BCUT2D eigenvalue weighted by Gasteiger charge is -2.32. The first-order valence-corrected chi connectivity index (χ1v) is 11.1. The van der Waals surface area contributed by atoms with Crippen molar-refractivity contribution in [2.45, 2.75) is 12.8 Å². The number of halogens is 1. The van der Waals surface area contributed by atoms with Crippen molar-refractivity contribution >= 4 is 39.1 Å². The van der Waals surface area contributed by atoms with Gasteiger partial charge in [0, 0.05) is 29.4 Å². The molecule has 2 aromatic carbocycles. The lowest BCUT2D eigenvalue weighted by atomic mass is 9.89. The number of anilines is 2. The van der Waals surface area contributed by atoms with Crippen molar-refractivity contribution in [2.75, 3.05) is 23.7 Å². The van der Waals surface area contributed by atoms with E-state index >= 15 is 0 Å². The predicted molar refractivity (Wildman–Crippen MR) is 123 cm³/mol. The standard InChI is InChI=1S/C24H21FN4OS/c25-18-8-6-15(7-9-18)20-14-19-22(27-24(26)28-23(19)31-20)29-12-10-17(11-13-29)21(30)16-4-2-1-3-5-16/h1-9,14,17H,10-13H2,(H2,26,27,28). The van der Waals surface area contributed by atoms with Crippen molar-refractivity contribution < 1.29 is 9.18 Å². The van der Waals surface area contributed by atoms with Gasteiger partial charge in [-0.25, -0.2) is 9.37 Å². The van der Waals surface area contributed by atoms with Gasteiger partial charge in [-0.2, -0.15) is 4.98 Å². The molecule has 5 nitrogen and oxygen atoms in total. The second kappa shape index (κ2) is 8.07. The van der Waals surface area contributed by atoms with E-state index in [-0.39, 0.29) is 23.5 Å². The van der Waals surface area contributed by atoms with Crippen LogP contribution in [-0.4, -0.2) is 28.8 Å². The molecule has 0 saturated carbocycles. The molecule has 0 unspecified atom stereocenters. The van der Waals surface area contributed by atoms with Crippen LogP contribution >= 0.6 is 11.3 Å². The van der Waals surface area contributed by atoms with Gasteiger partial charge in [0.2, 0.25) is 5.95 Å². The van der Waals surface area contributed by atoms with Crippen LogP contribution in [0.2, 0.25) is 0 Å². The molecule has 2 aromatic heterocycles. The summed E-state index contributed by atoms with van der Waals surface area (Å²) < 4.78 is 13.3. The molecule has 1 aliphatic heterocycles. The Kier molecular flexibility index (Phi) is 5.11. The van der Waals surface area contributed by atoms with E-state index in [1.807, 2.05) is 36.4 Å². The zero-order chi connectivity index (χ0) is 21.4. The lowest BCUT2D eigenvalue weighted by Crippen LogP contribution is -2.37. The van der Waals surface area contributed by atoms with Gasteiger partial charge in [0.05, 0.1) is 5.39 Å². The highest BCUT2D eigenvalue weighted by Gasteiger charge is 2.28. The van der Waals surface area contributed by atoms with Gasteiger partial charge in [0.1, 0.15) is 16.5 Å². The number of piperidine rings is 1. The van der Waals surface area contributed by atoms with E-state index in [1.54, 1.807) is 12.1 Å². The average Bonchev–Trinajstić information content (AvgIpc) is 3.23. The van der Waals surface area contributed by atoms with E-state index in [4.69, 9.17) is 5.73 Å². The number of ketones is 1. The van der Waals surface area contributed by atoms with Gasteiger partial charge in [0.15, 0.2) is 5.78 Å². The summed E-state index contributed by atoms with van der Waals surface area (Å²) in [5, 5.41) is 0.936. The zero-order valence-corrected chi connectivity index (χ0v) is 17.6. The minimum atomic E-state index is -0.262. The highest BCUT2D eigenvalue weighted by Crippen LogP contribution is 2.38. The summed E-state index contributed by atoms with van der Waals surface area (Å²) >= 11 is 1.52. The Labute approximate surface area is 183 Å². The van der Waals surface area contributed by atoms with Crippen molar-refractivity contribution in [3.63, 3.8) is 0 Å². The number of benzene rings is 2. The lowest BCUT2D eigenvalue weighted by molar-refractivity contribution is 0.0900. The fourth-order valence-corrected chi connectivity index (χ4v) is 5.15. The van der Waals surface area contributed by atoms with E-state index in [1.165, 1.54) is 23.5 Å². The van der Waals surface area contributed by atoms with Crippen LogP contribution in [0.3, 0.4) is 0 Å². The first kappa shape index (κ1) is 19.6. The van der Waals surface area contributed by atoms with Gasteiger partial charge in [-0.15, -0.1) is 11.3 Å². The summed E-state index contributed by atoms with van der Waals surface area (Å²) in [7, 11) is 0. The summed E-state index contributed by atoms with van der Waals surface area (Å²) in [4.78, 5) is 25.7. The van der Waals surface area contributed by atoms with Crippen LogP contribution < -0.4 is 10.6 Å². The van der Waals surface area contributed by atoms with Crippen LogP contribution in [0.5, 0.6) is 0 Å². The number of fused-ring (bicyclic) bond motifs is 1. The molecule has 156 valence electrons. The summed E-state index contributed by atoms with van der Waals surface area (Å²) in [6.45, 7) is 1.47. The Hall–Kier alpha value is -3.32. The van der Waals surface area contributed by atoms with Crippen molar-refractivity contribution in [1.29, 1.82) is 0 Å². The molecule has 3 heterocycles. The summed E-state index contributed by atoms with van der Waals surface area (Å²) in [6.07, 6.45) is 1.54. The summed E-state index contributed by atoms with van der Waals surface area (Å²) in [5.74, 6) is 1.00. The molecule has 1 saturated heterocycles. The van der Waals surface area contributed by atoms with E-state index in [0.717, 1.165) is 58.0 Å². The second-order valence-electron chi connectivity index (χ2n) is 7.73. The third-order valence-corrected chi connectivity index (χ3v) is 6.82. The molecule has 0 atom stereocenters. The molecule has 7 heteroatoms. The van der Waals surface area contributed by atoms with Crippen LogP contribution in [0.4, 0.5) is 16.2 Å². The van der Waals surface area contributed by atoms with Crippen LogP contribution in [0, 0.1) is 11.7 Å². The molecule has 1 aliphatic rings. The minimum absolute atomic E-state index is 0.0191. The number of hydrogen-bond donors (Lipinski definition) is 1. The Balaban J connectivity index is 1.40. The Bertz CT molecular complexity index is 1230. The van der Waals surface area contributed by atoms with E-state index in [0.29, 0.717) is 0 Å². The van der Waals surface area contributed by atoms with Gasteiger partial charge < -0.3 is 10.6 Å². The normalized spacial score (nSPS) is 14.8. The number of aromatic nitrogens is 2. The topological polar surface area (TPSA) is 72.1 Å². The third kappa shape index (κ3) is 3.88. The second-order valence-corrected chi connectivity index (χ2v) is 8.76. The predicted octanol–water partition coefficient (Wildman–Crippen LogP) is 5.18. The number of rotatable bonds is 4. The molecule has 31 heavy (non-hydrogen) atoms. The number of nitrogens with zero attached hydrogens (tertiary/aromatic N) is 3. The highest BCUT2D eigenvalue weighted by molar-refractivity contribution is 7.22. The monoisotopic (exact) mass is 432 g/mol. The zero-order valence-electron chi connectivity index (χ0n) is 16.8. The maximum absolute atomic E-state index is 13.3. The number of carbonyl (C=O) groups excluding carboxylic acids is 1. The number of carbonyl (C=O) groups is 1. The van der Waals surface area contributed by atoms with E-state index in [2.05, 4.69) is 14.9 Å². The molecule has 0 aliphatic carbocycles. The van der Waals surface area contributed by atoms with Crippen LogP contribution in [0.1, 0.15) is 23.2 Å². The molecule has 4 aromatic rings.